The van der Waals surface area contributed by atoms with Gasteiger partial charge in [0, 0.05) is 49.6 Å². The van der Waals surface area contributed by atoms with E-state index in [1.807, 2.05) is 36.5 Å². The minimum Gasteiger partial charge on any atom is -0.361 e. The summed E-state index contributed by atoms with van der Waals surface area (Å²) in [5, 5.41) is 5.10. The topological polar surface area (TPSA) is 77.6 Å². The number of fused-ring (bicyclic) bond motifs is 1. The first-order valence-corrected chi connectivity index (χ1v) is 7.41. The Morgan fingerprint density at radius 1 is 1.30 bits per heavy atom. The molecule has 0 radical (unpaired) electrons. The van der Waals surface area contributed by atoms with Crippen LogP contribution in [0.4, 0.5) is 0 Å². The van der Waals surface area contributed by atoms with Gasteiger partial charge in [-0.1, -0.05) is 18.2 Å². The number of hydrogen-bond donors (Lipinski definition) is 2. The van der Waals surface area contributed by atoms with Crippen LogP contribution in [0.15, 0.2) is 41.1 Å². The molecule has 0 saturated carbocycles. The highest BCUT2D eigenvalue weighted by Crippen LogP contribution is 2.22. The molecule has 118 valence electrons. The summed E-state index contributed by atoms with van der Waals surface area (Å²) in [5.74, 6) is -0.221. The van der Waals surface area contributed by atoms with Crippen molar-refractivity contribution in [3.63, 3.8) is 0 Å². The lowest BCUT2D eigenvalue weighted by Crippen LogP contribution is -2.22. The number of carbonyl (C=O) groups is 2. The molecule has 2 amide bonds. The molecule has 6 nitrogen and oxygen atoms in total. The third-order valence-corrected chi connectivity index (χ3v) is 3.84. The highest BCUT2D eigenvalue weighted by molar-refractivity contribution is 6.28. The van der Waals surface area contributed by atoms with Crippen LogP contribution in [0.2, 0.25) is 0 Å². The van der Waals surface area contributed by atoms with Crippen molar-refractivity contribution in [2.24, 2.45) is 5.10 Å². The number of carbonyl (C=O) groups excluding carboxylic acids is 2. The van der Waals surface area contributed by atoms with Gasteiger partial charge in [0.1, 0.15) is 0 Å². The number of hydrazone groups is 1. The standard InChI is InChI=1S/C17H18N4O2/c1-21(2)16(22)8-7-15-13(17(23)20-19-15)9-11-10-18-14-6-4-3-5-12(11)14/h3-6,9-10,18H,7-8H2,1-2H3,(H,20,23). The first kappa shape index (κ1) is 15.0. The molecule has 0 unspecified atom stereocenters. The highest BCUT2D eigenvalue weighted by atomic mass is 16.2. The Balaban J connectivity index is 1.86. The fourth-order valence-electron chi connectivity index (χ4n) is 2.53. The minimum absolute atomic E-state index is 0.0125. The summed E-state index contributed by atoms with van der Waals surface area (Å²) >= 11 is 0. The van der Waals surface area contributed by atoms with E-state index in [0.29, 0.717) is 24.1 Å². The van der Waals surface area contributed by atoms with Gasteiger partial charge in [-0.25, -0.2) is 5.43 Å². The molecule has 1 aliphatic heterocycles. The van der Waals surface area contributed by atoms with Gasteiger partial charge >= 0.3 is 0 Å². The molecule has 1 aromatic heterocycles. The predicted octanol–water partition coefficient (Wildman–Crippen LogP) is 1.91. The molecule has 0 fully saturated rings. The van der Waals surface area contributed by atoms with Gasteiger partial charge in [0.2, 0.25) is 5.91 Å². The van der Waals surface area contributed by atoms with E-state index in [0.717, 1.165) is 16.5 Å². The van der Waals surface area contributed by atoms with Crippen LogP contribution >= 0.6 is 0 Å². The van der Waals surface area contributed by atoms with Crippen LogP contribution < -0.4 is 5.43 Å². The van der Waals surface area contributed by atoms with E-state index in [1.165, 1.54) is 4.90 Å². The van der Waals surface area contributed by atoms with Crippen molar-refractivity contribution in [3.05, 3.63) is 41.6 Å². The zero-order chi connectivity index (χ0) is 16.4. The second-order valence-corrected chi connectivity index (χ2v) is 5.64. The number of amides is 2. The Bertz CT molecular complexity index is 830. The van der Waals surface area contributed by atoms with Gasteiger partial charge in [-0.05, 0) is 12.1 Å². The zero-order valence-corrected chi connectivity index (χ0v) is 13.1. The quantitative estimate of drug-likeness (QED) is 0.846. The van der Waals surface area contributed by atoms with Gasteiger partial charge in [-0.15, -0.1) is 0 Å². The molecule has 1 aromatic carbocycles. The summed E-state index contributed by atoms with van der Waals surface area (Å²) in [6.07, 6.45) is 4.45. The second-order valence-electron chi connectivity index (χ2n) is 5.64. The molecule has 23 heavy (non-hydrogen) atoms. The Kier molecular flexibility index (Phi) is 3.97. The molecular weight excluding hydrogens is 292 g/mol. The lowest BCUT2D eigenvalue weighted by molar-refractivity contribution is -0.128. The van der Waals surface area contributed by atoms with Crippen LogP contribution in [0, 0.1) is 0 Å². The van der Waals surface area contributed by atoms with Gasteiger partial charge in [0.25, 0.3) is 5.91 Å². The van der Waals surface area contributed by atoms with Crippen LogP contribution in [0.5, 0.6) is 0 Å². The van der Waals surface area contributed by atoms with Crippen LogP contribution in [0.1, 0.15) is 18.4 Å². The summed E-state index contributed by atoms with van der Waals surface area (Å²) in [7, 11) is 3.43. The summed E-state index contributed by atoms with van der Waals surface area (Å²) in [4.78, 5) is 28.5. The number of aromatic amines is 1. The maximum atomic E-state index is 12.0. The SMILES string of the molecule is CN(C)C(=O)CCC1=NNC(=O)C1=Cc1c[nH]c2ccccc12. The minimum atomic E-state index is -0.234. The van der Waals surface area contributed by atoms with E-state index in [2.05, 4.69) is 15.5 Å². The average Bonchev–Trinajstić information content (AvgIpc) is 3.10. The van der Waals surface area contributed by atoms with Gasteiger partial charge in [-0.3, -0.25) is 9.59 Å². The molecule has 1 aliphatic rings. The van der Waals surface area contributed by atoms with Crippen molar-refractivity contribution in [1.82, 2.24) is 15.3 Å². The molecule has 2 aromatic rings. The Morgan fingerprint density at radius 3 is 2.87 bits per heavy atom. The molecule has 0 aliphatic carbocycles. The van der Waals surface area contributed by atoms with Gasteiger partial charge in [0.05, 0.1) is 11.3 Å². The van der Waals surface area contributed by atoms with Crippen LogP contribution in [0.3, 0.4) is 0 Å². The Labute approximate surface area is 133 Å². The third kappa shape index (κ3) is 3.01. The number of benzene rings is 1. The Hall–Kier alpha value is -2.89. The number of nitrogens with one attached hydrogen (secondary N) is 2. The van der Waals surface area contributed by atoms with E-state index < -0.39 is 0 Å². The number of aromatic nitrogens is 1. The molecular formula is C17H18N4O2. The summed E-state index contributed by atoms with van der Waals surface area (Å²) in [6, 6.07) is 7.89. The Morgan fingerprint density at radius 2 is 2.09 bits per heavy atom. The van der Waals surface area contributed by atoms with E-state index in [1.54, 1.807) is 14.1 Å². The number of para-hydroxylation sites is 1. The van der Waals surface area contributed by atoms with E-state index in [-0.39, 0.29) is 11.8 Å². The van der Waals surface area contributed by atoms with E-state index in [4.69, 9.17) is 0 Å². The molecule has 0 atom stereocenters. The van der Waals surface area contributed by atoms with Gasteiger partial charge in [-0.2, -0.15) is 5.10 Å². The monoisotopic (exact) mass is 310 g/mol. The van der Waals surface area contributed by atoms with E-state index >= 15 is 0 Å². The molecule has 0 spiro atoms. The lowest BCUT2D eigenvalue weighted by atomic mass is 10.0. The molecule has 0 bridgehead atoms. The number of hydrogen-bond acceptors (Lipinski definition) is 3. The molecule has 3 rings (SSSR count). The average molecular weight is 310 g/mol. The highest BCUT2D eigenvalue weighted by Gasteiger charge is 2.23. The van der Waals surface area contributed by atoms with Crippen LogP contribution in [0.25, 0.3) is 17.0 Å². The number of H-pyrrole nitrogens is 1. The summed E-state index contributed by atoms with van der Waals surface area (Å²) in [6.45, 7) is 0. The smallest absolute Gasteiger partial charge is 0.273 e. The molecule has 0 saturated heterocycles. The molecule has 2 heterocycles. The van der Waals surface area contributed by atoms with Gasteiger partial charge < -0.3 is 9.88 Å². The largest absolute Gasteiger partial charge is 0.361 e. The number of rotatable bonds is 4. The third-order valence-electron chi connectivity index (χ3n) is 3.84. The maximum Gasteiger partial charge on any atom is 0.273 e. The summed E-state index contributed by atoms with van der Waals surface area (Å²) < 4.78 is 0. The predicted molar refractivity (Wildman–Crippen MR) is 89.8 cm³/mol. The normalized spacial score (nSPS) is 15.8. The van der Waals surface area contributed by atoms with Gasteiger partial charge in [0.15, 0.2) is 0 Å². The van der Waals surface area contributed by atoms with Crippen molar-refractivity contribution in [2.45, 2.75) is 12.8 Å². The van der Waals surface area contributed by atoms with Crippen molar-refractivity contribution < 1.29 is 9.59 Å². The fourth-order valence-corrected chi connectivity index (χ4v) is 2.53. The fraction of sp³-hybridized carbons (Fsp3) is 0.235. The van der Waals surface area contributed by atoms with Crippen LogP contribution in [-0.2, 0) is 9.59 Å². The number of nitrogens with zero attached hydrogens (tertiary/aromatic N) is 2. The first-order chi connectivity index (χ1) is 11.1. The van der Waals surface area contributed by atoms with Crippen molar-refractivity contribution in [1.29, 1.82) is 0 Å². The summed E-state index contributed by atoms with van der Waals surface area (Å²) in [5.41, 5.74) is 5.56. The van der Waals surface area contributed by atoms with Crippen LogP contribution in [-0.4, -0.2) is 41.5 Å². The van der Waals surface area contributed by atoms with Crippen molar-refractivity contribution in [2.75, 3.05) is 14.1 Å². The van der Waals surface area contributed by atoms with E-state index in [9.17, 15) is 9.59 Å². The molecule has 2 N–H and O–H groups in total. The van der Waals surface area contributed by atoms with Crippen molar-refractivity contribution in [3.8, 4) is 0 Å². The zero-order valence-electron chi connectivity index (χ0n) is 13.1. The maximum absolute atomic E-state index is 12.0. The second kappa shape index (κ2) is 6.08. The first-order valence-electron chi connectivity index (χ1n) is 7.41. The molecule has 6 heteroatoms. The van der Waals surface area contributed by atoms with Crippen molar-refractivity contribution >= 4 is 34.5 Å². The lowest BCUT2D eigenvalue weighted by Gasteiger charge is -2.09.